The van der Waals surface area contributed by atoms with Gasteiger partial charge in [0.25, 0.3) is 0 Å². The van der Waals surface area contributed by atoms with E-state index in [-0.39, 0.29) is 0 Å². The summed E-state index contributed by atoms with van der Waals surface area (Å²) in [6, 6.07) is 0. The molecule has 2 heterocycles. The molecule has 0 aliphatic carbocycles. The lowest BCUT2D eigenvalue weighted by atomic mass is 10.3. The number of hydrogen-bond acceptors (Lipinski definition) is 3. The predicted molar refractivity (Wildman–Crippen MR) is 52.9 cm³/mol. The molecule has 0 atom stereocenters. The zero-order valence-corrected chi connectivity index (χ0v) is 8.27. The number of imidazole rings is 1. The number of anilines is 1. The molecule has 0 amide bonds. The maximum absolute atomic E-state index is 4.33. The van der Waals surface area contributed by atoms with Crippen LogP contribution >= 0.6 is 0 Å². The summed E-state index contributed by atoms with van der Waals surface area (Å²) in [7, 11) is 4.17. The van der Waals surface area contributed by atoms with Crippen LogP contribution in [0, 0.1) is 0 Å². The average Bonchev–Trinajstić information content (AvgIpc) is 2.53. The van der Waals surface area contributed by atoms with Crippen LogP contribution in [0.4, 0.5) is 5.82 Å². The van der Waals surface area contributed by atoms with Crippen LogP contribution in [0.5, 0.6) is 0 Å². The number of aromatic nitrogens is 2. The van der Waals surface area contributed by atoms with Gasteiger partial charge in [0.2, 0.25) is 0 Å². The summed E-state index contributed by atoms with van der Waals surface area (Å²) < 4.78 is 1.99. The number of likely N-dealkylation sites (N-methyl/N-ethyl adjacent to an activating group) is 1. The van der Waals surface area contributed by atoms with Crippen LogP contribution in [-0.4, -0.2) is 47.7 Å². The van der Waals surface area contributed by atoms with Crippen molar-refractivity contribution < 1.29 is 0 Å². The van der Waals surface area contributed by atoms with Gasteiger partial charge in [-0.2, -0.15) is 0 Å². The molecule has 1 saturated heterocycles. The van der Waals surface area contributed by atoms with E-state index in [1.165, 1.54) is 0 Å². The molecule has 4 nitrogen and oxygen atoms in total. The molecule has 1 fully saturated rings. The van der Waals surface area contributed by atoms with Crippen LogP contribution in [-0.2, 0) is 7.05 Å². The Morgan fingerprint density at radius 3 is 2.38 bits per heavy atom. The van der Waals surface area contributed by atoms with E-state index in [0.717, 1.165) is 32.0 Å². The predicted octanol–water partition coefficient (Wildman–Crippen LogP) is 0.172. The third-order valence-electron chi connectivity index (χ3n) is 2.52. The Morgan fingerprint density at radius 2 is 1.85 bits per heavy atom. The Hall–Kier alpha value is -1.03. The molecule has 0 bridgehead atoms. The highest BCUT2D eigenvalue weighted by molar-refractivity contribution is 5.36. The number of aryl methyl sites for hydroxylation is 1. The van der Waals surface area contributed by atoms with E-state index >= 15 is 0 Å². The second-order valence-electron chi connectivity index (χ2n) is 3.69. The van der Waals surface area contributed by atoms with Gasteiger partial charge in [0, 0.05) is 39.4 Å². The fourth-order valence-electron chi connectivity index (χ4n) is 1.60. The zero-order chi connectivity index (χ0) is 9.26. The minimum Gasteiger partial charge on any atom is -0.353 e. The van der Waals surface area contributed by atoms with Gasteiger partial charge < -0.3 is 14.4 Å². The Bertz CT molecular complexity index is 273. The van der Waals surface area contributed by atoms with Crippen molar-refractivity contribution in [3.63, 3.8) is 0 Å². The van der Waals surface area contributed by atoms with Gasteiger partial charge in [-0.05, 0) is 7.05 Å². The summed E-state index contributed by atoms with van der Waals surface area (Å²) >= 11 is 0. The van der Waals surface area contributed by atoms with Gasteiger partial charge in [0.05, 0.1) is 6.33 Å². The summed E-state index contributed by atoms with van der Waals surface area (Å²) in [6.45, 7) is 4.45. The first-order chi connectivity index (χ1) is 6.25. The third-order valence-corrected chi connectivity index (χ3v) is 2.52. The molecular weight excluding hydrogens is 164 g/mol. The van der Waals surface area contributed by atoms with E-state index in [1.807, 2.05) is 17.9 Å². The van der Waals surface area contributed by atoms with Crippen molar-refractivity contribution in [2.24, 2.45) is 7.05 Å². The summed E-state index contributed by atoms with van der Waals surface area (Å²) in [5.74, 6) is 1.11. The van der Waals surface area contributed by atoms with E-state index in [4.69, 9.17) is 0 Å². The van der Waals surface area contributed by atoms with Crippen LogP contribution < -0.4 is 4.90 Å². The van der Waals surface area contributed by atoms with Gasteiger partial charge in [0.1, 0.15) is 5.82 Å². The Labute approximate surface area is 78.8 Å². The van der Waals surface area contributed by atoms with Crippen molar-refractivity contribution in [2.75, 3.05) is 38.1 Å². The Balaban J connectivity index is 2.02. The molecular formula is C9H16N4. The van der Waals surface area contributed by atoms with Crippen molar-refractivity contribution in [3.05, 3.63) is 12.5 Å². The fraction of sp³-hybridized carbons (Fsp3) is 0.667. The topological polar surface area (TPSA) is 24.3 Å². The van der Waals surface area contributed by atoms with E-state index in [9.17, 15) is 0 Å². The minimum atomic E-state index is 1.09. The second-order valence-corrected chi connectivity index (χ2v) is 3.69. The average molecular weight is 180 g/mol. The molecule has 4 heteroatoms. The molecule has 1 aromatic rings. The molecule has 72 valence electrons. The summed E-state index contributed by atoms with van der Waals surface area (Å²) in [4.78, 5) is 9.01. The van der Waals surface area contributed by atoms with Gasteiger partial charge >= 0.3 is 0 Å². The number of hydrogen-bond donors (Lipinski definition) is 0. The van der Waals surface area contributed by atoms with Crippen molar-refractivity contribution in [1.82, 2.24) is 14.5 Å². The van der Waals surface area contributed by atoms with E-state index < -0.39 is 0 Å². The number of rotatable bonds is 1. The first-order valence-electron chi connectivity index (χ1n) is 4.67. The van der Waals surface area contributed by atoms with E-state index in [0.29, 0.717) is 0 Å². The molecule has 0 saturated carbocycles. The Kier molecular flexibility index (Phi) is 2.22. The van der Waals surface area contributed by atoms with E-state index in [2.05, 4.69) is 28.0 Å². The lowest BCUT2D eigenvalue weighted by Gasteiger charge is -2.32. The molecule has 0 aromatic carbocycles. The van der Waals surface area contributed by atoms with Gasteiger partial charge in [0.15, 0.2) is 0 Å². The van der Waals surface area contributed by atoms with Crippen LogP contribution in [0.1, 0.15) is 0 Å². The van der Waals surface area contributed by atoms with Crippen molar-refractivity contribution in [1.29, 1.82) is 0 Å². The first kappa shape index (κ1) is 8.56. The van der Waals surface area contributed by atoms with E-state index in [1.54, 1.807) is 0 Å². The summed E-state index contributed by atoms with van der Waals surface area (Å²) in [5.41, 5.74) is 0. The molecule has 0 unspecified atom stereocenters. The molecule has 13 heavy (non-hydrogen) atoms. The van der Waals surface area contributed by atoms with Gasteiger partial charge in [-0.3, -0.25) is 0 Å². The first-order valence-corrected chi connectivity index (χ1v) is 4.67. The molecule has 2 rings (SSSR count). The lowest BCUT2D eigenvalue weighted by molar-refractivity contribution is 0.312. The molecule has 1 aromatic heterocycles. The van der Waals surface area contributed by atoms with Crippen molar-refractivity contribution in [2.45, 2.75) is 0 Å². The largest absolute Gasteiger partial charge is 0.353 e. The normalized spacial score (nSPS) is 19.4. The zero-order valence-electron chi connectivity index (χ0n) is 8.27. The molecule has 0 spiro atoms. The maximum Gasteiger partial charge on any atom is 0.146 e. The minimum absolute atomic E-state index is 1.09. The number of nitrogens with zero attached hydrogens (tertiary/aromatic N) is 4. The standard InChI is InChI=1S/C9H16N4/c1-11-3-5-13(6-4-11)9-7-12(2)8-10-9/h7-8H,3-6H2,1-2H3. The summed E-state index contributed by atoms with van der Waals surface area (Å²) in [5, 5.41) is 0. The van der Waals surface area contributed by atoms with Gasteiger partial charge in [-0.25, -0.2) is 4.98 Å². The smallest absolute Gasteiger partial charge is 0.146 e. The monoisotopic (exact) mass is 180 g/mol. The Morgan fingerprint density at radius 1 is 1.15 bits per heavy atom. The third kappa shape index (κ3) is 1.83. The molecule has 1 aliphatic rings. The highest BCUT2D eigenvalue weighted by Gasteiger charge is 2.15. The molecule has 0 N–H and O–H groups in total. The van der Waals surface area contributed by atoms with Crippen molar-refractivity contribution >= 4 is 5.82 Å². The highest BCUT2D eigenvalue weighted by Crippen LogP contribution is 2.11. The SMILES string of the molecule is CN1CCN(c2cn(C)cn2)CC1. The summed E-state index contributed by atoms with van der Waals surface area (Å²) in [6.07, 6.45) is 3.93. The van der Waals surface area contributed by atoms with Gasteiger partial charge in [-0.15, -0.1) is 0 Å². The van der Waals surface area contributed by atoms with Gasteiger partial charge in [-0.1, -0.05) is 0 Å². The van der Waals surface area contributed by atoms with Crippen LogP contribution in [0.25, 0.3) is 0 Å². The number of piperazine rings is 1. The fourth-order valence-corrected chi connectivity index (χ4v) is 1.60. The highest BCUT2D eigenvalue weighted by atomic mass is 15.3. The maximum atomic E-state index is 4.33. The quantitative estimate of drug-likeness (QED) is 0.616. The molecule has 0 radical (unpaired) electrons. The van der Waals surface area contributed by atoms with Crippen LogP contribution in [0.3, 0.4) is 0 Å². The van der Waals surface area contributed by atoms with Crippen molar-refractivity contribution in [3.8, 4) is 0 Å². The second kappa shape index (κ2) is 3.38. The lowest BCUT2D eigenvalue weighted by Crippen LogP contribution is -2.44. The molecule has 1 aliphatic heterocycles. The van der Waals surface area contributed by atoms with Crippen LogP contribution in [0.2, 0.25) is 0 Å². The van der Waals surface area contributed by atoms with Crippen LogP contribution in [0.15, 0.2) is 12.5 Å².